The lowest BCUT2D eigenvalue weighted by Crippen LogP contribution is -2.34. The highest BCUT2D eigenvalue weighted by atomic mass is 19.1. The van der Waals surface area contributed by atoms with Gasteiger partial charge in [-0.1, -0.05) is 30.3 Å². The van der Waals surface area contributed by atoms with Gasteiger partial charge < -0.3 is 10.5 Å². The third-order valence-corrected chi connectivity index (χ3v) is 3.09. The van der Waals surface area contributed by atoms with Crippen LogP contribution in [0.15, 0.2) is 48.5 Å². The first-order chi connectivity index (χ1) is 8.55. The zero-order valence-electron chi connectivity index (χ0n) is 10.5. The van der Waals surface area contributed by atoms with Crippen LogP contribution >= 0.6 is 0 Å². The van der Waals surface area contributed by atoms with Gasteiger partial charge >= 0.3 is 0 Å². The molecule has 3 heteroatoms. The molecule has 2 nitrogen and oxygen atoms in total. The first-order valence-electron chi connectivity index (χ1n) is 5.74. The van der Waals surface area contributed by atoms with Gasteiger partial charge in [-0.3, -0.25) is 0 Å². The quantitative estimate of drug-likeness (QED) is 0.902. The van der Waals surface area contributed by atoms with E-state index in [9.17, 15) is 4.39 Å². The van der Waals surface area contributed by atoms with Gasteiger partial charge in [0.05, 0.1) is 12.6 Å². The van der Waals surface area contributed by atoms with Crippen LogP contribution in [0, 0.1) is 5.82 Å². The van der Waals surface area contributed by atoms with E-state index >= 15 is 0 Å². The molecule has 0 aliphatic heterocycles. The summed E-state index contributed by atoms with van der Waals surface area (Å²) in [6, 6.07) is 14.0. The van der Waals surface area contributed by atoms with Crippen molar-refractivity contribution >= 4 is 0 Å². The average molecular weight is 245 g/mol. The first kappa shape index (κ1) is 12.6. The van der Waals surface area contributed by atoms with Crippen LogP contribution < -0.4 is 10.5 Å². The van der Waals surface area contributed by atoms with Crippen LogP contribution in [0.3, 0.4) is 0 Å². The van der Waals surface area contributed by atoms with Crippen molar-refractivity contribution in [3.63, 3.8) is 0 Å². The molecule has 94 valence electrons. The molecule has 0 radical (unpaired) electrons. The molecule has 0 saturated heterocycles. The van der Waals surface area contributed by atoms with Gasteiger partial charge in [-0.15, -0.1) is 0 Å². The standard InChI is InChI=1S/C15H16FNO/c1-15(17,11-6-4-3-5-7-11)13-10-12(16)8-9-14(13)18-2/h3-10H,17H2,1-2H3. The molecule has 0 fully saturated rings. The van der Waals surface area contributed by atoms with Crippen molar-refractivity contribution < 1.29 is 9.13 Å². The Hall–Kier alpha value is -1.87. The number of nitrogens with two attached hydrogens (primary N) is 1. The van der Waals surface area contributed by atoms with Crippen LogP contribution in [0.1, 0.15) is 18.1 Å². The monoisotopic (exact) mass is 245 g/mol. The summed E-state index contributed by atoms with van der Waals surface area (Å²) in [4.78, 5) is 0. The maximum atomic E-state index is 13.4. The molecule has 0 aromatic heterocycles. The molecule has 2 rings (SSSR count). The Balaban J connectivity index is 2.56. The van der Waals surface area contributed by atoms with E-state index in [0.29, 0.717) is 11.3 Å². The minimum Gasteiger partial charge on any atom is -0.496 e. The summed E-state index contributed by atoms with van der Waals surface area (Å²) in [6.45, 7) is 1.85. The summed E-state index contributed by atoms with van der Waals surface area (Å²) in [7, 11) is 1.55. The van der Waals surface area contributed by atoms with E-state index in [2.05, 4.69) is 0 Å². The van der Waals surface area contributed by atoms with E-state index in [0.717, 1.165) is 5.56 Å². The van der Waals surface area contributed by atoms with Crippen LogP contribution in [-0.2, 0) is 5.54 Å². The maximum Gasteiger partial charge on any atom is 0.124 e. The Morgan fingerprint density at radius 1 is 1.11 bits per heavy atom. The van der Waals surface area contributed by atoms with Crippen molar-refractivity contribution in [2.45, 2.75) is 12.5 Å². The summed E-state index contributed by atoms with van der Waals surface area (Å²) in [5.41, 5.74) is 7.11. The number of hydrogen-bond donors (Lipinski definition) is 1. The van der Waals surface area contributed by atoms with E-state index < -0.39 is 5.54 Å². The van der Waals surface area contributed by atoms with Gasteiger partial charge in [-0.2, -0.15) is 0 Å². The Labute approximate surface area is 106 Å². The molecule has 0 heterocycles. The highest BCUT2D eigenvalue weighted by molar-refractivity contribution is 5.45. The Kier molecular flexibility index (Phi) is 3.34. The van der Waals surface area contributed by atoms with Gasteiger partial charge in [0.15, 0.2) is 0 Å². The maximum absolute atomic E-state index is 13.4. The average Bonchev–Trinajstić information content (AvgIpc) is 2.39. The molecular formula is C15H16FNO. The van der Waals surface area contributed by atoms with Crippen molar-refractivity contribution in [3.05, 3.63) is 65.5 Å². The number of rotatable bonds is 3. The number of ether oxygens (including phenoxy) is 1. The van der Waals surface area contributed by atoms with Gasteiger partial charge in [0, 0.05) is 5.56 Å². The van der Waals surface area contributed by atoms with Crippen molar-refractivity contribution in [2.24, 2.45) is 5.73 Å². The fraction of sp³-hybridized carbons (Fsp3) is 0.200. The van der Waals surface area contributed by atoms with Crippen molar-refractivity contribution in [1.82, 2.24) is 0 Å². The second kappa shape index (κ2) is 4.78. The van der Waals surface area contributed by atoms with E-state index in [-0.39, 0.29) is 5.82 Å². The van der Waals surface area contributed by atoms with Crippen LogP contribution in [0.25, 0.3) is 0 Å². The lowest BCUT2D eigenvalue weighted by atomic mass is 9.85. The summed E-state index contributed by atoms with van der Waals surface area (Å²) in [5, 5.41) is 0. The largest absolute Gasteiger partial charge is 0.496 e. The van der Waals surface area contributed by atoms with E-state index in [1.807, 2.05) is 37.3 Å². The minimum atomic E-state index is -0.797. The Bertz CT molecular complexity index is 537. The molecule has 2 aromatic rings. The fourth-order valence-electron chi connectivity index (χ4n) is 2.03. The Morgan fingerprint density at radius 2 is 1.78 bits per heavy atom. The van der Waals surface area contributed by atoms with E-state index in [1.54, 1.807) is 13.2 Å². The summed E-state index contributed by atoms with van der Waals surface area (Å²) in [6.07, 6.45) is 0. The normalized spacial score (nSPS) is 14.0. The van der Waals surface area contributed by atoms with Crippen LogP contribution in [0.4, 0.5) is 4.39 Å². The first-order valence-corrected chi connectivity index (χ1v) is 5.74. The topological polar surface area (TPSA) is 35.2 Å². The summed E-state index contributed by atoms with van der Waals surface area (Å²) < 4.78 is 18.7. The van der Waals surface area contributed by atoms with Gasteiger partial charge in [0.1, 0.15) is 11.6 Å². The van der Waals surface area contributed by atoms with Gasteiger partial charge in [0.25, 0.3) is 0 Å². The molecule has 1 atom stereocenters. The lowest BCUT2D eigenvalue weighted by molar-refractivity contribution is 0.397. The molecule has 1 unspecified atom stereocenters. The van der Waals surface area contributed by atoms with Crippen LogP contribution in [0.2, 0.25) is 0 Å². The molecule has 18 heavy (non-hydrogen) atoms. The van der Waals surface area contributed by atoms with E-state index in [4.69, 9.17) is 10.5 Å². The molecule has 2 N–H and O–H groups in total. The second-order valence-electron chi connectivity index (χ2n) is 4.41. The molecule has 0 saturated carbocycles. The van der Waals surface area contributed by atoms with Crippen LogP contribution in [-0.4, -0.2) is 7.11 Å². The fourth-order valence-corrected chi connectivity index (χ4v) is 2.03. The molecule has 0 amide bonds. The van der Waals surface area contributed by atoms with Crippen LogP contribution in [0.5, 0.6) is 5.75 Å². The highest BCUT2D eigenvalue weighted by Gasteiger charge is 2.27. The SMILES string of the molecule is COc1ccc(F)cc1C(C)(N)c1ccccc1. The second-order valence-corrected chi connectivity index (χ2v) is 4.41. The van der Waals surface area contributed by atoms with Crippen molar-refractivity contribution in [1.29, 1.82) is 0 Å². The summed E-state index contributed by atoms with van der Waals surface area (Å²) >= 11 is 0. The minimum absolute atomic E-state index is 0.321. The number of methoxy groups -OCH3 is 1. The zero-order chi connectivity index (χ0) is 13.2. The predicted molar refractivity (Wildman–Crippen MR) is 70.0 cm³/mol. The molecule has 0 aliphatic rings. The molecule has 0 aliphatic carbocycles. The Morgan fingerprint density at radius 3 is 2.39 bits per heavy atom. The number of halogens is 1. The number of hydrogen-bond acceptors (Lipinski definition) is 2. The molecule has 0 bridgehead atoms. The third-order valence-electron chi connectivity index (χ3n) is 3.09. The summed E-state index contributed by atoms with van der Waals surface area (Å²) in [5.74, 6) is 0.267. The van der Waals surface area contributed by atoms with Crippen molar-refractivity contribution in [2.75, 3.05) is 7.11 Å². The van der Waals surface area contributed by atoms with E-state index in [1.165, 1.54) is 12.1 Å². The highest BCUT2D eigenvalue weighted by Crippen LogP contribution is 2.33. The zero-order valence-corrected chi connectivity index (χ0v) is 10.5. The number of benzene rings is 2. The van der Waals surface area contributed by atoms with Gasteiger partial charge in [-0.05, 0) is 30.7 Å². The third kappa shape index (κ3) is 2.22. The van der Waals surface area contributed by atoms with Gasteiger partial charge in [-0.25, -0.2) is 4.39 Å². The smallest absolute Gasteiger partial charge is 0.124 e. The van der Waals surface area contributed by atoms with Crippen molar-refractivity contribution in [3.8, 4) is 5.75 Å². The molecule has 0 spiro atoms. The van der Waals surface area contributed by atoms with Gasteiger partial charge in [0.2, 0.25) is 0 Å². The molecular weight excluding hydrogens is 229 g/mol. The molecule has 2 aromatic carbocycles. The predicted octanol–water partition coefficient (Wildman–Crippen LogP) is 3.06. The lowest BCUT2D eigenvalue weighted by Gasteiger charge is -2.27.